The average molecular weight is 492 g/mol. The van der Waals surface area contributed by atoms with Crippen LogP contribution in [-0.4, -0.2) is 26.2 Å². The van der Waals surface area contributed by atoms with Crippen molar-refractivity contribution in [2.75, 3.05) is 29.2 Å². The molecule has 3 aromatic rings. The van der Waals surface area contributed by atoms with Crippen molar-refractivity contribution in [3.05, 3.63) is 76.3 Å². The zero-order chi connectivity index (χ0) is 23.3. The molecule has 0 aliphatic heterocycles. The molecule has 0 bridgehead atoms. The summed E-state index contributed by atoms with van der Waals surface area (Å²) in [6.45, 7) is 0. The number of urea groups is 1. The molecule has 0 atom stereocenters. The minimum absolute atomic E-state index is 0.267. The number of benzene rings is 3. The van der Waals surface area contributed by atoms with Gasteiger partial charge in [0.1, 0.15) is 11.5 Å². The van der Waals surface area contributed by atoms with Gasteiger partial charge in [-0.25, -0.2) is 9.10 Å². The number of rotatable bonds is 6. The van der Waals surface area contributed by atoms with Gasteiger partial charge in [-0.05, 0) is 60.7 Å². The number of ether oxygens (including phenoxy) is 2. The Hall–Kier alpha value is -3.07. The van der Waals surface area contributed by atoms with Crippen LogP contribution in [0.2, 0.25) is 10.0 Å². The van der Waals surface area contributed by atoms with Gasteiger partial charge < -0.3 is 20.1 Å². The Morgan fingerprint density at radius 1 is 0.844 bits per heavy atom. The molecule has 0 aromatic heterocycles. The maximum atomic E-state index is 12.7. The van der Waals surface area contributed by atoms with Gasteiger partial charge in [-0.3, -0.25) is 4.79 Å². The number of hydrogen-bond donors (Lipinski definition) is 3. The molecule has 166 valence electrons. The number of carbonyl (C=O) groups is 2. The van der Waals surface area contributed by atoms with Gasteiger partial charge in [0.2, 0.25) is 0 Å². The number of halogens is 2. The predicted octanol–water partition coefficient (Wildman–Crippen LogP) is 6.15. The number of methoxy groups -OCH3 is 2. The Morgan fingerprint density at radius 2 is 1.50 bits per heavy atom. The summed E-state index contributed by atoms with van der Waals surface area (Å²) in [6.07, 6.45) is 0. The molecule has 3 aromatic carbocycles. The highest BCUT2D eigenvalue weighted by molar-refractivity contribution is 7.82. The van der Waals surface area contributed by atoms with E-state index in [1.807, 2.05) is 0 Å². The lowest BCUT2D eigenvalue weighted by Crippen LogP contribution is -2.27. The van der Waals surface area contributed by atoms with Gasteiger partial charge in [-0.1, -0.05) is 36.0 Å². The maximum absolute atomic E-state index is 12.7. The normalized spacial score (nSPS) is 10.3. The second-order valence-corrected chi connectivity index (χ2v) is 7.74. The SMILES string of the molecule is COc1ccc(NC(=O)c2ccc(OC)c(N(S)C(=O)Nc3cc(Cl)cc(Cl)c3)c2)cc1. The van der Waals surface area contributed by atoms with Crippen LogP contribution in [0, 0.1) is 0 Å². The van der Waals surface area contributed by atoms with Crippen LogP contribution in [0.25, 0.3) is 0 Å². The van der Waals surface area contributed by atoms with Crippen LogP contribution in [-0.2, 0) is 0 Å². The molecule has 7 nitrogen and oxygen atoms in total. The quantitative estimate of drug-likeness (QED) is 0.361. The number of nitrogens with zero attached hydrogens (tertiary/aromatic N) is 1. The Balaban J connectivity index is 1.81. The first-order valence-electron chi connectivity index (χ1n) is 9.20. The molecule has 10 heteroatoms. The van der Waals surface area contributed by atoms with E-state index in [9.17, 15) is 9.59 Å². The third kappa shape index (κ3) is 5.79. The van der Waals surface area contributed by atoms with Gasteiger partial charge in [0.25, 0.3) is 5.91 Å². The van der Waals surface area contributed by atoms with E-state index in [1.165, 1.54) is 13.2 Å². The second-order valence-electron chi connectivity index (χ2n) is 6.47. The van der Waals surface area contributed by atoms with E-state index in [0.717, 1.165) is 4.31 Å². The summed E-state index contributed by atoms with van der Waals surface area (Å²) < 4.78 is 11.5. The standard InChI is InChI=1S/C22H19Cl2N3O4S/c1-30-18-6-4-16(5-7-18)25-21(28)13-3-8-20(31-2)19(9-13)27(32)22(29)26-17-11-14(23)10-15(24)12-17/h3-12,32H,1-2H3,(H,25,28)(H,26,29). The van der Waals surface area contributed by atoms with Crippen molar-refractivity contribution < 1.29 is 19.1 Å². The van der Waals surface area contributed by atoms with E-state index in [4.69, 9.17) is 32.7 Å². The van der Waals surface area contributed by atoms with Crippen LogP contribution < -0.4 is 24.4 Å². The summed E-state index contributed by atoms with van der Waals surface area (Å²) >= 11 is 16.2. The monoisotopic (exact) mass is 491 g/mol. The third-order valence-corrected chi connectivity index (χ3v) is 5.16. The molecular formula is C22H19Cl2N3O4S. The number of carbonyl (C=O) groups excluding carboxylic acids is 2. The van der Waals surface area contributed by atoms with Crippen LogP contribution in [0.3, 0.4) is 0 Å². The fourth-order valence-electron chi connectivity index (χ4n) is 2.79. The average Bonchev–Trinajstić information content (AvgIpc) is 2.77. The molecule has 0 aliphatic carbocycles. The molecule has 3 amide bonds. The largest absolute Gasteiger partial charge is 0.497 e. The van der Waals surface area contributed by atoms with E-state index < -0.39 is 6.03 Å². The van der Waals surface area contributed by atoms with Crippen LogP contribution in [0.1, 0.15) is 10.4 Å². The van der Waals surface area contributed by atoms with Crippen LogP contribution >= 0.6 is 36.0 Å². The molecule has 0 radical (unpaired) electrons. The topological polar surface area (TPSA) is 79.9 Å². The number of nitrogens with one attached hydrogen (secondary N) is 2. The van der Waals surface area contributed by atoms with Gasteiger partial charge >= 0.3 is 6.03 Å². The number of anilines is 3. The van der Waals surface area contributed by atoms with Crippen LogP contribution in [0.15, 0.2) is 60.7 Å². The molecular weight excluding hydrogens is 473 g/mol. The van der Waals surface area contributed by atoms with Crippen molar-refractivity contribution in [3.63, 3.8) is 0 Å². The lowest BCUT2D eigenvalue weighted by Gasteiger charge is -2.20. The number of thiol groups is 1. The van der Waals surface area contributed by atoms with Gasteiger partial charge in [-0.2, -0.15) is 0 Å². The summed E-state index contributed by atoms with van der Waals surface area (Å²) in [6, 6.07) is 15.6. The molecule has 0 saturated heterocycles. The van der Waals surface area contributed by atoms with Gasteiger partial charge in [-0.15, -0.1) is 0 Å². The number of hydrogen-bond acceptors (Lipinski definition) is 5. The molecule has 2 N–H and O–H groups in total. The van der Waals surface area contributed by atoms with Gasteiger partial charge in [0, 0.05) is 27.0 Å². The molecule has 0 saturated carbocycles. The summed E-state index contributed by atoms with van der Waals surface area (Å²) in [4.78, 5) is 25.4. The summed E-state index contributed by atoms with van der Waals surface area (Å²) in [5, 5.41) is 6.17. The van der Waals surface area contributed by atoms with E-state index in [-0.39, 0.29) is 11.6 Å². The molecule has 3 rings (SSSR count). The first kappa shape index (κ1) is 23.6. The highest BCUT2D eigenvalue weighted by atomic mass is 35.5. The molecule has 0 spiro atoms. The van der Waals surface area contributed by atoms with E-state index in [2.05, 4.69) is 23.4 Å². The van der Waals surface area contributed by atoms with E-state index in [1.54, 1.807) is 61.7 Å². The number of amides is 3. The zero-order valence-corrected chi connectivity index (χ0v) is 19.5. The Bertz CT molecular complexity index is 1120. The lowest BCUT2D eigenvalue weighted by atomic mass is 10.1. The summed E-state index contributed by atoms with van der Waals surface area (Å²) in [5.41, 5.74) is 1.54. The molecule has 0 heterocycles. The molecule has 0 aliphatic rings. The van der Waals surface area contributed by atoms with Gasteiger partial charge in [0.15, 0.2) is 0 Å². The zero-order valence-electron chi connectivity index (χ0n) is 17.1. The van der Waals surface area contributed by atoms with E-state index >= 15 is 0 Å². The smallest absolute Gasteiger partial charge is 0.336 e. The van der Waals surface area contributed by atoms with Crippen molar-refractivity contribution in [1.82, 2.24) is 0 Å². The van der Waals surface area contributed by atoms with Crippen molar-refractivity contribution >= 4 is 65.0 Å². The first-order chi connectivity index (χ1) is 15.3. The van der Waals surface area contributed by atoms with Crippen molar-refractivity contribution in [2.45, 2.75) is 0 Å². The van der Waals surface area contributed by atoms with Crippen LogP contribution in [0.5, 0.6) is 11.5 Å². The minimum Gasteiger partial charge on any atom is -0.497 e. The Morgan fingerprint density at radius 3 is 2.09 bits per heavy atom. The summed E-state index contributed by atoms with van der Waals surface area (Å²) in [5.74, 6) is 0.649. The highest BCUT2D eigenvalue weighted by Crippen LogP contribution is 2.32. The van der Waals surface area contributed by atoms with Crippen molar-refractivity contribution in [1.29, 1.82) is 0 Å². The maximum Gasteiger partial charge on any atom is 0.336 e. The predicted molar refractivity (Wildman–Crippen MR) is 131 cm³/mol. The fourth-order valence-corrected chi connectivity index (χ4v) is 3.52. The molecule has 0 fully saturated rings. The minimum atomic E-state index is -0.599. The molecule has 0 unspecified atom stereocenters. The highest BCUT2D eigenvalue weighted by Gasteiger charge is 2.19. The van der Waals surface area contributed by atoms with Crippen LogP contribution in [0.4, 0.5) is 21.9 Å². The fraction of sp³-hybridized carbons (Fsp3) is 0.0909. The lowest BCUT2D eigenvalue weighted by molar-refractivity contribution is 0.102. The van der Waals surface area contributed by atoms with Gasteiger partial charge in [0.05, 0.1) is 19.9 Å². The second kappa shape index (κ2) is 10.5. The van der Waals surface area contributed by atoms with E-state index in [0.29, 0.717) is 38.5 Å². The first-order valence-corrected chi connectivity index (χ1v) is 10.4. The van der Waals surface area contributed by atoms with Crippen molar-refractivity contribution in [3.8, 4) is 11.5 Å². The van der Waals surface area contributed by atoms with Crippen molar-refractivity contribution in [2.24, 2.45) is 0 Å². The molecule has 32 heavy (non-hydrogen) atoms. The third-order valence-electron chi connectivity index (χ3n) is 4.32. The summed E-state index contributed by atoms with van der Waals surface area (Å²) in [7, 11) is 3.01. The Labute approximate surface area is 200 Å². The Kier molecular flexibility index (Phi) is 7.74.